The van der Waals surface area contributed by atoms with Gasteiger partial charge in [0.15, 0.2) is 0 Å². The average molecular weight is 381 g/mol. The van der Waals surface area contributed by atoms with Crippen LogP contribution in [-0.4, -0.2) is 17.0 Å². The number of benzene rings is 2. The number of aliphatic carboxylic acids is 1. The van der Waals surface area contributed by atoms with Gasteiger partial charge in [-0.15, -0.1) is 0 Å². The molecular formula is C23H27NO4. The van der Waals surface area contributed by atoms with Crippen LogP contribution in [0.5, 0.6) is 11.5 Å². The predicted molar refractivity (Wildman–Crippen MR) is 107 cm³/mol. The Labute approximate surface area is 165 Å². The van der Waals surface area contributed by atoms with Gasteiger partial charge in [-0.3, -0.25) is 9.59 Å². The molecule has 2 N–H and O–H groups in total. The maximum atomic E-state index is 12.5. The van der Waals surface area contributed by atoms with E-state index in [4.69, 9.17) is 4.74 Å². The Bertz CT molecular complexity index is 844. The molecule has 0 heterocycles. The third-order valence-electron chi connectivity index (χ3n) is 5.52. The number of carbonyl (C=O) groups excluding carboxylic acids is 1. The van der Waals surface area contributed by atoms with Gasteiger partial charge < -0.3 is 15.2 Å². The molecule has 0 radical (unpaired) electrons. The van der Waals surface area contributed by atoms with Crippen molar-refractivity contribution in [1.29, 1.82) is 0 Å². The minimum Gasteiger partial charge on any atom is -0.481 e. The SMILES string of the molecule is Cc1ccc(Oc2ccc(CNC(=O)C3CCCCC3C(=O)O)cc2)cc1C. The first-order chi connectivity index (χ1) is 13.4. The van der Waals surface area contributed by atoms with Crippen molar-refractivity contribution in [3.05, 3.63) is 59.2 Å². The van der Waals surface area contributed by atoms with E-state index >= 15 is 0 Å². The largest absolute Gasteiger partial charge is 0.481 e. The van der Waals surface area contributed by atoms with Crippen LogP contribution in [0.2, 0.25) is 0 Å². The minimum atomic E-state index is -0.868. The summed E-state index contributed by atoms with van der Waals surface area (Å²) >= 11 is 0. The van der Waals surface area contributed by atoms with Crippen molar-refractivity contribution in [2.75, 3.05) is 0 Å². The lowest BCUT2D eigenvalue weighted by Crippen LogP contribution is -2.39. The smallest absolute Gasteiger partial charge is 0.307 e. The van der Waals surface area contributed by atoms with Crippen LogP contribution in [0.4, 0.5) is 0 Å². The van der Waals surface area contributed by atoms with E-state index < -0.39 is 17.8 Å². The molecule has 2 atom stereocenters. The summed E-state index contributed by atoms with van der Waals surface area (Å²) in [7, 11) is 0. The van der Waals surface area contributed by atoms with E-state index in [0.29, 0.717) is 19.4 Å². The fourth-order valence-corrected chi connectivity index (χ4v) is 3.65. The van der Waals surface area contributed by atoms with Crippen molar-refractivity contribution in [1.82, 2.24) is 5.32 Å². The van der Waals surface area contributed by atoms with Crippen LogP contribution in [0, 0.1) is 25.7 Å². The van der Waals surface area contributed by atoms with E-state index in [9.17, 15) is 14.7 Å². The van der Waals surface area contributed by atoms with E-state index in [0.717, 1.165) is 29.9 Å². The van der Waals surface area contributed by atoms with Crippen molar-refractivity contribution in [2.45, 2.75) is 46.1 Å². The Hall–Kier alpha value is -2.82. The van der Waals surface area contributed by atoms with E-state index in [1.54, 1.807) is 0 Å². The minimum absolute atomic E-state index is 0.164. The number of hydrogen-bond donors (Lipinski definition) is 2. The molecule has 1 fully saturated rings. The fraction of sp³-hybridized carbons (Fsp3) is 0.391. The molecule has 5 heteroatoms. The number of carboxylic acid groups (broad SMARTS) is 1. The molecule has 2 aromatic carbocycles. The van der Waals surface area contributed by atoms with Gasteiger partial charge in [-0.25, -0.2) is 0 Å². The summed E-state index contributed by atoms with van der Waals surface area (Å²) in [6.07, 6.45) is 3.01. The summed E-state index contributed by atoms with van der Waals surface area (Å²) in [6.45, 7) is 4.50. The summed E-state index contributed by atoms with van der Waals surface area (Å²) in [5.41, 5.74) is 3.35. The van der Waals surface area contributed by atoms with E-state index in [-0.39, 0.29) is 5.91 Å². The molecule has 1 saturated carbocycles. The first kappa shape index (κ1) is 19.9. The van der Waals surface area contributed by atoms with E-state index in [1.165, 1.54) is 11.1 Å². The standard InChI is InChI=1S/C23H27NO4/c1-15-7-10-19(13-16(15)2)28-18-11-8-17(9-12-18)14-24-22(25)20-5-3-4-6-21(20)23(26)27/h7-13,20-21H,3-6,14H2,1-2H3,(H,24,25)(H,26,27). The lowest BCUT2D eigenvalue weighted by atomic mass is 9.78. The van der Waals surface area contributed by atoms with Crippen LogP contribution in [0.3, 0.4) is 0 Å². The Morgan fingerprint density at radius 3 is 2.25 bits per heavy atom. The maximum absolute atomic E-state index is 12.5. The second-order valence-corrected chi connectivity index (χ2v) is 7.55. The highest BCUT2D eigenvalue weighted by Crippen LogP contribution is 2.30. The van der Waals surface area contributed by atoms with Crippen LogP contribution in [0.25, 0.3) is 0 Å². The number of carbonyl (C=O) groups is 2. The predicted octanol–water partition coefficient (Wildman–Crippen LogP) is 4.60. The van der Waals surface area contributed by atoms with Gasteiger partial charge in [0.25, 0.3) is 0 Å². The van der Waals surface area contributed by atoms with Crippen molar-refractivity contribution in [3.63, 3.8) is 0 Å². The molecule has 2 aromatic rings. The van der Waals surface area contributed by atoms with Gasteiger partial charge in [-0.1, -0.05) is 31.0 Å². The van der Waals surface area contributed by atoms with Crippen LogP contribution in [0.1, 0.15) is 42.4 Å². The summed E-state index contributed by atoms with van der Waals surface area (Å²) < 4.78 is 5.88. The highest BCUT2D eigenvalue weighted by atomic mass is 16.5. The highest BCUT2D eigenvalue weighted by Gasteiger charge is 2.35. The molecule has 2 unspecified atom stereocenters. The molecule has 0 spiro atoms. The first-order valence-electron chi connectivity index (χ1n) is 9.78. The van der Waals surface area contributed by atoms with Crippen molar-refractivity contribution >= 4 is 11.9 Å². The van der Waals surface area contributed by atoms with Gasteiger partial charge in [-0.05, 0) is 67.6 Å². The maximum Gasteiger partial charge on any atom is 0.307 e. The zero-order valence-electron chi connectivity index (χ0n) is 16.4. The lowest BCUT2D eigenvalue weighted by molar-refractivity contribution is -0.148. The van der Waals surface area contributed by atoms with Gasteiger partial charge in [0.2, 0.25) is 5.91 Å². The monoisotopic (exact) mass is 381 g/mol. The Kier molecular flexibility index (Phi) is 6.34. The van der Waals surface area contributed by atoms with Gasteiger partial charge in [0.1, 0.15) is 11.5 Å². The Morgan fingerprint density at radius 1 is 0.964 bits per heavy atom. The summed E-state index contributed by atoms with van der Waals surface area (Å²) in [5, 5.41) is 12.2. The second-order valence-electron chi connectivity index (χ2n) is 7.55. The number of ether oxygens (including phenoxy) is 1. The van der Waals surface area contributed by atoms with Crippen LogP contribution in [0.15, 0.2) is 42.5 Å². The van der Waals surface area contributed by atoms with Gasteiger partial charge in [0, 0.05) is 6.54 Å². The highest BCUT2D eigenvalue weighted by molar-refractivity contribution is 5.84. The van der Waals surface area contributed by atoms with Crippen molar-refractivity contribution in [3.8, 4) is 11.5 Å². The molecule has 3 rings (SSSR count). The molecule has 28 heavy (non-hydrogen) atoms. The molecular weight excluding hydrogens is 354 g/mol. The zero-order chi connectivity index (χ0) is 20.1. The van der Waals surface area contributed by atoms with E-state index in [2.05, 4.69) is 19.2 Å². The molecule has 1 aliphatic carbocycles. The number of aryl methyl sites for hydroxylation is 2. The Morgan fingerprint density at radius 2 is 1.61 bits per heavy atom. The lowest BCUT2D eigenvalue weighted by Gasteiger charge is -2.27. The number of rotatable bonds is 6. The van der Waals surface area contributed by atoms with E-state index in [1.807, 2.05) is 42.5 Å². The molecule has 5 nitrogen and oxygen atoms in total. The van der Waals surface area contributed by atoms with Crippen molar-refractivity contribution in [2.24, 2.45) is 11.8 Å². The van der Waals surface area contributed by atoms with Crippen LogP contribution < -0.4 is 10.1 Å². The van der Waals surface area contributed by atoms with Crippen molar-refractivity contribution < 1.29 is 19.4 Å². The normalized spacial score (nSPS) is 19.1. The van der Waals surface area contributed by atoms with Crippen LogP contribution >= 0.6 is 0 Å². The first-order valence-corrected chi connectivity index (χ1v) is 9.78. The molecule has 0 saturated heterocycles. The summed E-state index contributed by atoms with van der Waals surface area (Å²) in [5.74, 6) is -0.505. The number of amides is 1. The molecule has 148 valence electrons. The number of hydrogen-bond acceptors (Lipinski definition) is 3. The fourth-order valence-electron chi connectivity index (χ4n) is 3.65. The van der Waals surface area contributed by atoms with Gasteiger partial charge in [0.05, 0.1) is 11.8 Å². The van der Waals surface area contributed by atoms with Gasteiger partial charge >= 0.3 is 5.97 Å². The summed E-state index contributed by atoms with van der Waals surface area (Å²) in [4.78, 5) is 23.8. The Balaban J connectivity index is 1.56. The molecule has 0 aliphatic heterocycles. The summed E-state index contributed by atoms with van der Waals surface area (Å²) in [6, 6.07) is 13.5. The quantitative estimate of drug-likeness (QED) is 0.767. The van der Waals surface area contributed by atoms with Crippen LogP contribution in [-0.2, 0) is 16.1 Å². The number of carboxylic acids is 1. The zero-order valence-corrected chi connectivity index (χ0v) is 16.4. The third-order valence-corrected chi connectivity index (χ3v) is 5.52. The average Bonchev–Trinajstić information content (AvgIpc) is 2.70. The number of nitrogens with one attached hydrogen (secondary N) is 1. The molecule has 0 bridgehead atoms. The molecule has 0 aromatic heterocycles. The third kappa shape index (κ3) is 4.91. The second kappa shape index (κ2) is 8.91. The molecule has 1 amide bonds. The molecule has 1 aliphatic rings. The topological polar surface area (TPSA) is 75.6 Å². The van der Waals surface area contributed by atoms with Gasteiger partial charge in [-0.2, -0.15) is 0 Å².